The van der Waals surface area contributed by atoms with Gasteiger partial charge in [0, 0.05) is 36.7 Å². The fraction of sp³-hybridized carbons (Fsp3) is 0.348. The summed E-state index contributed by atoms with van der Waals surface area (Å²) in [7, 11) is 0. The highest BCUT2D eigenvalue weighted by molar-refractivity contribution is 9.10. The molecule has 5 rings (SSSR count). The van der Waals surface area contributed by atoms with E-state index in [-0.39, 0.29) is 30.1 Å². The molecule has 3 aromatic rings. The third-order valence-electron chi connectivity index (χ3n) is 6.21. The van der Waals surface area contributed by atoms with Crippen LogP contribution in [0.5, 0.6) is 0 Å². The van der Waals surface area contributed by atoms with E-state index in [1.54, 1.807) is 17.2 Å². The second kappa shape index (κ2) is 8.93. The van der Waals surface area contributed by atoms with E-state index >= 15 is 0 Å². The van der Waals surface area contributed by atoms with Crippen molar-refractivity contribution in [1.82, 2.24) is 19.4 Å². The first-order valence-corrected chi connectivity index (χ1v) is 11.7. The smallest absolute Gasteiger partial charge is 0.232 e. The van der Waals surface area contributed by atoms with Crippen LogP contribution in [0.1, 0.15) is 19.3 Å². The molecule has 1 fully saturated rings. The number of rotatable bonds is 4. The molecule has 0 saturated carbocycles. The fourth-order valence-corrected chi connectivity index (χ4v) is 4.70. The molecule has 9 nitrogen and oxygen atoms in total. The number of piperidine rings is 1. The molecule has 2 N–H and O–H groups in total. The van der Waals surface area contributed by atoms with Gasteiger partial charge in [-0.2, -0.15) is 0 Å². The summed E-state index contributed by atoms with van der Waals surface area (Å²) in [5, 5.41) is 5.66. The molecule has 1 saturated heterocycles. The number of carbonyl (C=O) groups excluding carboxylic acids is 3. The number of para-hydroxylation sites is 2. The van der Waals surface area contributed by atoms with E-state index in [4.69, 9.17) is 0 Å². The van der Waals surface area contributed by atoms with Crippen molar-refractivity contribution in [1.29, 1.82) is 0 Å². The van der Waals surface area contributed by atoms with Crippen molar-refractivity contribution in [2.24, 2.45) is 11.8 Å². The van der Waals surface area contributed by atoms with E-state index in [9.17, 15) is 14.4 Å². The molecule has 0 aliphatic carbocycles. The van der Waals surface area contributed by atoms with Gasteiger partial charge in [0.15, 0.2) is 0 Å². The van der Waals surface area contributed by atoms with Crippen LogP contribution in [0.25, 0.3) is 11.0 Å². The number of anilines is 2. The van der Waals surface area contributed by atoms with Crippen molar-refractivity contribution in [3.8, 4) is 0 Å². The number of carbonyl (C=O) groups is 3. The first-order valence-electron chi connectivity index (χ1n) is 10.9. The first-order chi connectivity index (χ1) is 16.0. The van der Waals surface area contributed by atoms with E-state index in [0.29, 0.717) is 37.8 Å². The van der Waals surface area contributed by atoms with E-state index in [1.165, 1.54) is 0 Å². The highest BCUT2D eigenvalue weighted by atomic mass is 79.9. The summed E-state index contributed by atoms with van der Waals surface area (Å²) >= 11 is 3.32. The number of fused-ring (bicyclic) bond motifs is 3. The first kappa shape index (κ1) is 21.6. The van der Waals surface area contributed by atoms with Gasteiger partial charge in [0.1, 0.15) is 5.82 Å². The van der Waals surface area contributed by atoms with E-state index in [0.717, 1.165) is 21.9 Å². The number of nitrogens with one attached hydrogen (secondary N) is 2. The summed E-state index contributed by atoms with van der Waals surface area (Å²) in [6.07, 6.45) is 3.17. The number of halogens is 1. The molecule has 2 aliphatic heterocycles. The fourth-order valence-electron chi connectivity index (χ4n) is 4.46. The lowest BCUT2D eigenvalue weighted by Gasteiger charge is -2.33. The molecule has 0 bridgehead atoms. The number of benzene rings is 1. The molecule has 2 atom stereocenters. The molecule has 10 heteroatoms. The molecule has 0 spiro atoms. The highest BCUT2D eigenvalue weighted by Crippen LogP contribution is 2.28. The Hall–Kier alpha value is -3.27. The Kier molecular flexibility index (Phi) is 5.84. The molecule has 170 valence electrons. The molecular weight excluding hydrogens is 488 g/mol. The second-order valence-electron chi connectivity index (χ2n) is 8.45. The lowest BCUT2D eigenvalue weighted by molar-refractivity contribution is -0.138. The summed E-state index contributed by atoms with van der Waals surface area (Å²) in [6, 6.07) is 11.2. The van der Waals surface area contributed by atoms with Gasteiger partial charge in [-0.3, -0.25) is 19.7 Å². The van der Waals surface area contributed by atoms with Crippen LogP contribution in [-0.2, 0) is 20.9 Å². The molecule has 2 aromatic heterocycles. The standard InChI is InChI=1S/C23H23BrN6O3/c24-16-7-8-19(25-11-16)27-21(32)14-4-3-9-29(12-14)20(31)10-15-13-30-18-6-2-1-5-17(18)26-23(30)28-22(15)33/h1-2,5-8,11,14-15H,3-4,9-10,12-13H2,(H,25,27,32)(H,26,28,33). The number of aromatic nitrogens is 3. The zero-order chi connectivity index (χ0) is 22.9. The summed E-state index contributed by atoms with van der Waals surface area (Å²) < 4.78 is 2.78. The number of hydrogen-bond donors (Lipinski definition) is 2. The minimum Gasteiger partial charge on any atom is -0.342 e. The summed E-state index contributed by atoms with van der Waals surface area (Å²) in [4.78, 5) is 48.8. The predicted molar refractivity (Wildman–Crippen MR) is 126 cm³/mol. The van der Waals surface area contributed by atoms with Crippen molar-refractivity contribution in [3.05, 3.63) is 47.1 Å². The van der Waals surface area contributed by atoms with Gasteiger partial charge in [-0.1, -0.05) is 12.1 Å². The summed E-state index contributed by atoms with van der Waals surface area (Å²) in [5.74, 6) is -0.246. The molecule has 2 unspecified atom stereocenters. The zero-order valence-corrected chi connectivity index (χ0v) is 19.4. The monoisotopic (exact) mass is 510 g/mol. The van der Waals surface area contributed by atoms with Crippen molar-refractivity contribution < 1.29 is 14.4 Å². The van der Waals surface area contributed by atoms with Crippen LogP contribution >= 0.6 is 15.9 Å². The predicted octanol–water partition coefficient (Wildman–Crippen LogP) is 3.03. The van der Waals surface area contributed by atoms with Crippen LogP contribution in [-0.4, -0.2) is 50.2 Å². The Bertz CT molecular complexity index is 1220. The second-order valence-corrected chi connectivity index (χ2v) is 9.37. The Morgan fingerprint density at radius 1 is 1.18 bits per heavy atom. The van der Waals surface area contributed by atoms with Crippen LogP contribution in [0, 0.1) is 11.8 Å². The molecular formula is C23H23BrN6O3. The minimum absolute atomic E-state index is 0.0976. The lowest BCUT2D eigenvalue weighted by Crippen LogP contribution is -2.45. The van der Waals surface area contributed by atoms with Crippen LogP contribution < -0.4 is 10.6 Å². The molecule has 0 radical (unpaired) electrons. The number of nitrogens with zero attached hydrogens (tertiary/aromatic N) is 4. The van der Waals surface area contributed by atoms with Crippen LogP contribution in [0.2, 0.25) is 0 Å². The maximum atomic E-state index is 13.1. The van der Waals surface area contributed by atoms with Gasteiger partial charge in [-0.15, -0.1) is 0 Å². The van der Waals surface area contributed by atoms with Crippen molar-refractivity contribution in [3.63, 3.8) is 0 Å². The van der Waals surface area contributed by atoms with Crippen LogP contribution in [0.15, 0.2) is 47.1 Å². The van der Waals surface area contributed by atoms with Gasteiger partial charge in [0.25, 0.3) is 0 Å². The molecule has 1 aromatic carbocycles. The Morgan fingerprint density at radius 3 is 2.85 bits per heavy atom. The molecule has 4 heterocycles. The quantitative estimate of drug-likeness (QED) is 0.560. The van der Waals surface area contributed by atoms with E-state index < -0.39 is 5.92 Å². The molecule has 33 heavy (non-hydrogen) atoms. The van der Waals surface area contributed by atoms with Gasteiger partial charge in [0.05, 0.1) is 22.9 Å². The molecule has 3 amide bonds. The Morgan fingerprint density at radius 2 is 2.03 bits per heavy atom. The average Bonchev–Trinajstić information content (AvgIpc) is 3.18. The van der Waals surface area contributed by atoms with Gasteiger partial charge in [0.2, 0.25) is 23.7 Å². The van der Waals surface area contributed by atoms with Gasteiger partial charge >= 0.3 is 0 Å². The van der Waals surface area contributed by atoms with Gasteiger partial charge < -0.3 is 14.8 Å². The maximum absolute atomic E-state index is 13.1. The third kappa shape index (κ3) is 4.47. The third-order valence-corrected chi connectivity index (χ3v) is 6.68. The zero-order valence-electron chi connectivity index (χ0n) is 17.8. The molecule has 2 aliphatic rings. The summed E-state index contributed by atoms with van der Waals surface area (Å²) in [6.45, 7) is 1.34. The van der Waals surface area contributed by atoms with E-state index in [1.807, 2.05) is 34.9 Å². The number of hydrogen-bond acceptors (Lipinski definition) is 5. The number of likely N-dealkylation sites (tertiary alicyclic amines) is 1. The number of pyridine rings is 1. The van der Waals surface area contributed by atoms with Crippen molar-refractivity contribution in [2.45, 2.75) is 25.8 Å². The SMILES string of the molecule is O=C(Nc1ccc(Br)cn1)C1CCCN(C(=O)CC2Cn3c(nc4ccccc43)NC2=O)C1. The van der Waals surface area contributed by atoms with Crippen LogP contribution in [0.3, 0.4) is 0 Å². The highest BCUT2D eigenvalue weighted by Gasteiger charge is 2.34. The summed E-state index contributed by atoms with van der Waals surface area (Å²) in [5.41, 5.74) is 1.74. The number of amides is 3. The minimum atomic E-state index is -0.483. The van der Waals surface area contributed by atoms with E-state index in [2.05, 4.69) is 36.5 Å². The average molecular weight is 511 g/mol. The maximum Gasteiger partial charge on any atom is 0.232 e. The Balaban J connectivity index is 1.22. The van der Waals surface area contributed by atoms with Gasteiger partial charge in [-0.25, -0.2) is 9.97 Å². The van der Waals surface area contributed by atoms with Crippen LogP contribution in [0.4, 0.5) is 11.8 Å². The lowest BCUT2D eigenvalue weighted by atomic mass is 9.95. The van der Waals surface area contributed by atoms with Crippen molar-refractivity contribution >= 4 is 56.5 Å². The Labute approximate surface area is 198 Å². The largest absolute Gasteiger partial charge is 0.342 e. The van der Waals surface area contributed by atoms with Gasteiger partial charge in [-0.05, 0) is 53.0 Å². The number of imidazole rings is 1. The normalized spacial score (nSPS) is 20.3. The topological polar surface area (TPSA) is 109 Å². The van der Waals surface area contributed by atoms with Crippen molar-refractivity contribution in [2.75, 3.05) is 23.7 Å².